The first kappa shape index (κ1) is 12.1. The van der Waals surface area contributed by atoms with Crippen LogP contribution >= 0.6 is 22.9 Å². The molecule has 0 unspecified atom stereocenters. The number of carbonyl (C=O) groups is 1. The van der Waals surface area contributed by atoms with Crippen molar-refractivity contribution in [1.82, 2.24) is 4.98 Å². The fraction of sp³-hybridized carbons (Fsp3) is 0. The van der Waals surface area contributed by atoms with E-state index in [2.05, 4.69) is 4.98 Å². The molecule has 0 aliphatic carbocycles. The van der Waals surface area contributed by atoms with E-state index in [4.69, 9.17) is 17.3 Å². The average Bonchev–Trinajstić information content (AvgIpc) is 2.86. The zero-order valence-corrected chi connectivity index (χ0v) is 11.3. The first-order valence-corrected chi connectivity index (χ1v) is 6.85. The maximum Gasteiger partial charge on any atom is 0.267 e. The molecule has 2 aromatic heterocycles. The molecule has 0 saturated heterocycles. The van der Waals surface area contributed by atoms with Crippen LogP contribution in [0.4, 0.5) is 0 Å². The SMILES string of the molecule is NC(=O)c1cc2ccsc2c(-c2ccccc2Cl)n1. The summed E-state index contributed by atoms with van der Waals surface area (Å²) >= 11 is 7.77. The maximum atomic E-state index is 11.4. The molecule has 5 heteroatoms. The van der Waals surface area contributed by atoms with Crippen molar-refractivity contribution in [3.05, 3.63) is 52.5 Å². The average molecular weight is 289 g/mol. The number of fused-ring (bicyclic) bond motifs is 1. The van der Waals surface area contributed by atoms with Crippen LogP contribution in [0, 0.1) is 0 Å². The van der Waals surface area contributed by atoms with E-state index in [0.717, 1.165) is 15.6 Å². The fourth-order valence-electron chi connectivity index (χ4n) is 1.94. The number of carbonyl (C=O) groups excluding carboxylic acids is 1. The number of nitrogens with two attached hydrogens (primary N) is 1. The Labute approximate surface area is 118 Å². The molecule has 2 heterocycles. The number of aromatic nitrogens is 1. The van der Waals surface area contributed by atoms with Gasteiger partial charge in [-0.15, -0.1) is 11.3 Å². The summed E-state index contributed by atoms with van der Waals surface area (Å²) in [7, 11) is 0. The molecule has 3 aromatic rings. The van der Waals surface area contributed by atoms with Gasteiger partial charge in [-0.3, -0.25) is 4.79 Å². The molecule has 0 bridgehead atoms. The number of pyridine rings is 1. The standard InChI is InChI=1S/C14H9ClN2OS/c15-10-4-2-1-3-9(10)12-13-8(5-6-19-13)7-11(17-12)14(16)18/h1-7H,(H2,16,18). The zero-order chi connectivity index (χ0) is 13.4. The summed E-state index contributed by atoms with van der Waals surface area (Å²) in [5, 5.41) is 3.51. The number of primary amides is 1. The molecule has 3 nitrogen and oxygen atoms in total. The van der Waals surface area contributed by atoms with Crippen molar-refractivity contribution >= 4 is 38.9 Å². The van der Waals surface area contributed by atoms with Gasteiger partial charge in [-0.05, 0) is 29.0 Å². The van der Waals surface area contributed by atoms with Crippen molar-refractivity contribution in [3.63, 3.8) is 0 Å². The molecule has 2 N–H and O–H groups in total. The van der Waals surface area contributed by atoms with Crippen LogP contribution in [-0.2, 0) is 0 Å². The lowest BCUT2D eigenvalue weighted by Gasteiger charge is -2.06. The van der Waals surface area contributed by atoms with Gasteiger partial charge in [-0.2, -0.15) is 0 Å². The second kappa shape index (κ2) is 4.64. The zero-order valence-electron chi connectivity index (χ0n) is 9.76. The lowest BCUT2D eigenvalue weighted by Crippen LogP contribution is -2.13. The molecule has 1 aromatic carbocycles. The number of benzene rings is 1. The van der Waals surface area contributed by atoms with E-state index in [1.807, 2.05) is 29.6 Å². The molecule has 19 heavy (non-hydrogen) atoms. The predicted octanol–water partition coefficient (Wildman–Crippen LogP) is 3.72. The smallest absolute Gasteiger partial charge is 0.267 e. The molecule has 0 atom stereocenters. The van der Waals surface area contributed by atoms with Crippen LogP contribution < -0.4 is 5.73 Å². The van der Waals surface area contributed by atoms with Gasteiger partial charge < -0.3 is 5.73 Å². The van der Waals surface area contributed by atoms with Crippen LogP contribution in [-0.4, -0.2) is 10.9 Å². The van der Waals surface area contributed by atoms with Crippen molar-refractivity contribution in [2.75, 3.05) is 0 Å². The number of rotatable bonds is 2. The molecule has 0 saturated carbocycles. The van der Waals surface area contributed by atoms with Crippen LogP contribution in [0.2, 0.25) is 5.02 Å². The summed E-state index contributed by atoms with van der Waals surface area (Å²) in [6.45, 7) is 0. The van der Waals surface area contributed by atoms with E-state index in [1.54, 1.807) is 23.5 Å². The van der Waals surface area contributed by atoms with Gasteiger partial charge >= 0.3 is 0 Å². The number of hydrogen-bond acceptors (Lipinski definition) is 3. The van der Waals surface area contributed by atoms with Gasteiger partial charge in [0.25, 0.3) is 5.91 Å². The van der Waals surface area contributed by atoms with Crippen LogP contribution in [0.25, 0.3) is 21.3 Å². The van der Waals surface area contributed by atoms with E-state index in [9.17, 15) is 4.79 Å². The van der Waals surface area contributed by atoms with Crippen molar-refractivity contribution in [1.29, 1.82) is 0 Å². The highest BCUT2D eigenvalue weighted by Crippen LogP contribution is 2.35. The fourth-order valence-corrected chi connectivity index (χ4v) is 3.04. The van der Waals surface area contributed by atoms with Crippen LogP contribution in [0.15, 0.2) is 41.8 Å². The van der Waals surface area contributed by atoms with Crippen molar-refractivity contribution in [3.8, 4) is 11.3 Å². The summed E-state index contributed by atoms with van der Waals surface area (Å²) in [4.78, 5) is 15.7. The molecular weight excluding hydrogens is 280 g/mol. The largest absolute Gasteiger partial charge is 0.364 e. The third kappa shape index (κ3) is 2.09. The Kier molecular flexibility index (Phi) is 2.97. The first-order chi connectivity index (χ1) is 9.16. The van der Waals surface area contributed by atoms with Gasteiger partial charge in [0.2, 0.25) is 0 Å². The van der Waals surface area contributed by atoms with Gasteiger partial charge in [0.15, 0.2) is 0 Å². The Morgan fingerprint density at radius 2 is 2.05 bits per heavy atom. The van der Waals surface area contributed by atoms with Gasteiger partial charge in [-0.1, -0.05) is 29.8 Å². The predicted molar refractivity (Wildman–Crippen MR) is 78.6 cm³/mol. The topological polar surface area (TPSA) is 56.0 Å². The van der Waals surface area contributed by atoms with Crippen molar-refractivity contribution in [2.45, 2.75) is 0 Å². The molecular formula is C14H9ClN2OS. The maximum absolute atomic E-state index is 11.4. The molecule has 0 aliphatic heterocycles. The third-order valence-corrected chi connectivity index (χ3v) is 4.08. The Hall–Kier alpha value is -1.91. The minimum atomic E-state index is -0.540. The Morgan fingerprint density at radius 3 is 2.79 bits per heavy atom. The second-order valence-corrected chi connectivity index (χ2v) is 5.36. The monoisotopic (exact) mass is 288 g/mol. The summed E-state index contributed by atoms with van der Waals surface area (Å²) in [5.41, 5.74) is 7.08. The van der Waals surface area contributed by atoms with Gasteiger partial charge in [0.05, 0.1) is 15.4 Å². The normalized spacial score (nSPS) is 10.8. The molecule has 0 fully saturated rings. The number of thiophene rings is 1. The van der Waals surface area contributed by atoms with E-state index in [0.29, 0.717) is 10.7 Å². The van der Waals surface area contributed by atoms with E-state index in [1.165, 1.54) is 0 Å². The van der Waals surface area contributed by atoms with Gasteiger partial charge in [-0.25, -0.2) is 4.98 Å². The van der Waals surface area contributed by atoms with Crippen molar-refractivity contribution < 1.29 is 4.79 Å². The third-order valence-electron chi connectivity index (χ3n) is 2.82. The summed E-state index contributed by atoms with van der Waals surface area (Å²) < 4.78 is 0.998. The minimum Gasteiger partial charge on any atom is -0.364 e. The van der Waals surface area contributed by atoms with E-state index < -0.39 is 5.91 Å². The highest BCUT2D eigenvalue weighted by atomic mass is 35.5. The first-order valence-electron chi connectivity index (χ1n) is 5.60. The summed E-state index contributed by atoms with van der Waals surface area (Å²) in [6, 6.07) is 11.1. The van der Waals surface area contributed by atoms with Crippen LogP contribution in [0.5, 0.6) is 0 Å². The van der Waals surface area contributed by atoms with E-state index in [-0.39, 0.29) is 5.69 Å². The number of halogens is 1. The second-order valence-electron chi connectivity index (χ2n) is 4.04. The van der Waals surface area contributed by atoms with Gasteiger partial charge in [0.1, 0.15) is 5.69 Å². The highest BCUT2D eigenvalue weighted by Gasteiger charge is 2.14. The van der Waals surface area contributed by atoms with Crippen LogP contribution in [0.1, 0.15) is 10.5 Å². The number of hydrogen-bond donors (Lipinski definition) is 1. The molecule has 0 radical (unpaired) electrons. The molecule has 0 aliphatic rings. The van der Waals surface area contributed by atoms with E-state index >= 15 is 0 Å². The number of nitrogens with zero attached hydrogens (tertiary/aromatic N) is 1. The lowest BCUT2D eigenvalue weighted by atomic mass is 10.1. The summed E-state index contributed by atoms with van der Waals surface area (Å²) in [5.74, 6) is -0.540. The molecule has 1 amide bonds. The molecule has 0 spiro atoms. The Morgan fingerprint density at radius 1 is 1.26 bits per heavy atom. The minimum absolute atomic E-state index is 0.251. The molecule has 3 rings (SSSR count). The highest BCUT2D eigenvalue weighted by molar-refractivity contribution is 7.17. The Balaban J connectivity index is 2.36. The van der Waals surface area contributed by atoms with Crippen LogP contribution in [0.3, 0.4) is 0 Å². The quantitative estimate of drug-likeness (QED) is 0.781. The van der Waals surface area contributed by atoms with Crippen molar-refractivity contribution in [2.24, 2.45) is 5.73 Å². The summed E-state index contributed by atoms with van der Waals surface area (Å²) in [6.07, 6.45) is 0. The number of amides is 1. The molecule has 94 valence electrons. The Bertz CT molecular complexity index is 782. The van der Waals surface area contributed by atoms with Gasteiger partial charge in [0, 0.05) is 5.56 Å². The lowest BCUT2D eigenvalue weighted by molar-refractivity contribution is 0.0996.